The Morgan fingerprint density at radius 3 is 0.567 bits per heavy atom. The standard InChI is InChI=1S/C120H156N12O6S12/c1-73(2)31-19-37-79(13)49-55-94-95(56-50-80(14)38-20-32-74(3)4)143-118(142-94)115-139-70-100(148-115)112(136)130-91-46-28-64-124-106(91)103-88(43-25-61-121-103)127-109(133)85-67-86(110(134)128-89-44-26-62-122-104(89)107-92(47-29-65-125-107)131-113(137)101-71-140-116(149-101)119-144-96(57-51-81(15)39-21-33-75(5)6)97(145-119)58-52-82(16)40-22-34-76(7)8)69-87(68-85)111(135)129-90-45-27-63-123-105(90)108-93(48-30-66-126-108)132-114(138)102-72-141-117(150-102)120-146-98(59-53-83(17)41-23-35-77(9)10)99(147-120)60-54-84(18)42-24-36-78(11)12/h25-30,43-48,61-84H,19-24,31-42,49-60H2,1-18H3,(H,127,133)(H,128,134)(H,129,135)(H,130,136)(H,131,137)(H,132,138)/t79-,80-,81-,82-,83-,84-/m1/s1. The molecule has 6 amide bonds. The molecule has 13 rings (SSSR count). The molecule has 7 aromatic rings. The number of anilines is 6. The second-order valence-corrected chi connectivity index (χ2v) is 57.7. The zero-order chi connectivity index (χ0) is 107. The van der Waals surface area contributed by atoms with Gasteiger partial charge in [-0.2, -0.15) is 0 Å². The maximum Gasteiger partial charge on any atom is 0.263 e. The van der Waals surface area contributed by atoms with Crippen molar-refractivity contribution >= 4 is 211 Å². The Morgan fingerprint density at radius 2 is 0.393 bits per heavy atom. The minimum Gasteiger partial charge on any atom is -0.320 e. The molecule has 6 aromatic heterocycles. The smallest absolute Gasteiger partial charge is 0.263 e. The minimum absolute atomic E-state index is 0.0971. The minimum atomic E-state index is -0.725. The molecule has 0 aliphatic carbocycles. The lowest BCUT2D eigenvalue weighted by Gasteiger charge is -2.16. The number of allylic oxidation sites excluding steroid dienone is 6. The number of amides is 6. The Hall–Kier alpha value is -7.20. The number of thioether (sulfide) groups is 12. The van der Waals surface area contributed by atoms with Crippen molar-refractivity contribution in [1.29, 1.82) is 0 Å². The van der Waals surface area contributed by atoms with Crippen LogP contribution in [0.5, 0.6) is 0 Å². The summed E-state index contributed by atoms with van der Waals surface area (Å²) in [5.74, 6) is 4.90. The van der Waals surface area contributed by atoms with Gasteiger partial charge in [-0.3, -0.25) is 58.7 Å². The van der Waals surface area contributed by atoms with Gasteiger partial charge in [-0.1, -0.05) is 381 Å². The number of carbonyl (C=O) groups is 6. The maximum atomic E-state index is 15.6. The summed E-state index contributed by atoms with van der Waals surface area (Å²) in [4.78, 5) is 130. The second-order valence-electron chi connectivity index (χ2n) is 43.7. The monoisotopic (exact) mass is 2240 g/mol. The van der Waals surface area contributed by atoms with Crippen LogP contribution in [0.2, 0.25) is 0 Å². The molecule has 0 fully saturated rings. The fourth-order valence-corrected chi connectivity index (χ4v) is 34.5. The molecule has 0 saturated carbocycles. The van der Waals surface area contributed by atoms with E-state index in [-0.39, 0.29) is 85.6 Å². The molecular formula is C120H156N12O6S12. The van der Waals surface area contributed by atoms with Crippen LogP contribution in [0.1, 0.15) is 348 Å². The molecule has 804 valence electrons. The molecule has 6 aliphatic heterocycles. The summed E-state index contributed by atoms with van der Waals surface area (Å²) < 4.78 is 6.93. The van der Waals surface area contributed by atoms with Crippen LogP contribution in [0.3, 0.4) is 0 Å². The first-order valence-corrected chi connectivity index (χ1v) is 64.5. The highest BCUT2D eigenvalue weighted by Crippen LogP contribution is 2.64. The van der Waals surface area contributed by atoms with Gasteiger partial charge >= 0.3 is 0 Å². The van der Waals surface area contributed by atoms with Gasteiger partial charge < -0.3 is 31.9 Å². The molecule has 0 saturated heterocycles. The highest BCUT2D eigenvalue weighted by molar-refractivity contribution is 8.35. The quantitative estimate of drug-likeness (QED) is 0.0207. The Bertz CT molecular complexity index is 5450. The molecule has 12 heterocycles. The fourth-order valence-electron chi connectivity index (χ4n) is 18.5. The molecule has 0 bridgehead atoms. The van der Waals surface area contributed by atoms with Crippen LogP contribution in [0.15, 0.2) is 214 Å². The summed E-state index contributed by atoms with van der Waals surface area (Å²) in [6.45, 7) is 42.1. The predicted octanol–water partition coefficient (Wildman–Crippen LogP) is 38.5. The Kier molecular flexibility index (Phi) is 48.7. The number of rotatable bonds is 57. The van der Waals surface area contributed by atoms with Crippen LogP contribution in [0.4, 0.5) is 34.1 Å². The summed E-state index contributed by atoms with van der Waals surface area (Å²) in [6.07, 6.45) is 45.2. The Morgan fingerprint density at radius 1 is 0.220 bits per heavy atom. The number of carbonyl (C=O) groups excluding carboxylic acids is 6. The number of benzene rings is 1. The van der Waals surface area contributed by atoms with E-state index >= 15 is 14.4 Å². The molecule has 0 unspecified atom stereocenters. The molecule has 30 heteroatoms. The van der Waals surface area contributed by atoms with E-state index in [4.69, 9.17) is 29.9 Å². The van der Waals surface area contributed by atoms with E-state index < -0.39 is 17.7 Å². The lowest BCUT2D eigenvalue weighted by molar-refractivity contribution is -0.113. The highest BCUT2D eigenvalue weighted by Gasteiger charge is 2.36. The van der Waals surface area contributed by atoms with E-state index in [9.17, 15) is 14.4 Å². The predicted molar refractivity (Wildman–Crippen MR) is 659 cm³/mol. The first-order valence-electron chi connectivity index (χ1n) is 54.6. The van der Waals surface area contributed by atoms with Crippen LogP contribution < -0.4 is 31.9 Å². The van der Waals surface area contributed by atoms with Crippen LogP contribution in [-0.4, -0.2) is 65.3 Å². The van der Waals surface area contributed by atoms with Crippen molar-refractivity contribution in [3.63, 3.8) is 0 Å². The second kappa shape index (κ2) is 60.9. The topological polar surface area (TPSA) is 252 Å². The van der Waals surface area contributed by atoms with E-state index in [0.717, 1.165) is 89.8 Å². The average molecular weight is 2250 g/mol. The van der Waals surface area contributed by atoms with Gasteiger partial charge in [0.1, 0.15) is 34.2 Å². The maximum absolute atomic E-state index is 15.6. The number of aromatic nitrogens is 6. The molecule has 150 heavy (non-hydrogen) atoms. The summed E-state index contributed by atoms with van der Waals surface area (Å²) in [7, 11) is 0. The fraction of sp³-hybridized carbons (Fsp3) is 0.500. The number of hydrogen-bond acceptors (Lipinski definition) is 24. The molecule has 18 nitrogen and oxygen atoms in total. The zero-order valence-corrected chi connectivity index (χ0v) is 101. The summed E-state index contributed by atoms with van der Waals surface area (Å²) in [5, 5.41) is 24.4. The van der Waals surface area contributed by atoms with Crippen molar-refractivity contribution in [3.05, 3.63) is 231 Å². The third-order valence-electron chi connectivity index (χ3n) is 27.6. The summed E-state index contributed by atoms with van der Waals surface area (Å²) >= 11 is 20.6. The van der Waals surface area contributed by atoms with Crippen LogP contribution in [-0.2, 0) is 14.4 Å². The molecule has 6 N–H and O–H groups in total. The third-order valence-corrected chi connectivity index (χ3v) is 44.7. The first-order chi connectivity index (χ1) is 72.2. The SMILES string of the molecule is CC(C)CCC[C@@H](C)CCC1=C(CC[C@H](C)CCCC(C)C)SC(=C2SC=C(C(=O)Nc3cccnc3-c3ncccc3NC(=O)c3cc(C(=O)Nc4cccnc4-c4ncccc4NC(=O)C4=CSC(=C5SC(CC[C@H](C)CCCC(C)C)=C(CC[C@H](C)CCCC(C)C)S5)S4)cc(C(=O)Nc4cccnc4-c4ncccc4NC(=O)C4=CSC(=C5SC(CC[C@H](C)CCCC(C)C)=C(CC[C@H](C)CCCC(C)C)S5)S4)c3)S2)S1. The lowest BCUT2D eigenvalue weighted by Crippen LogP contribution is -2.20. The average Bonchev–Trinajstić information content (AvgIpc) is 1.45. The first kappa shape index (κ1) is 120. The van der Waals surface area contributed by atoms with Gasteiger partial charge in [0.05, 0.1) is 74.3 Å². The van der Waals surface area contributed by atoms with Crippen LogP contribution in [0.25, 0.3) is 34.2 Å². The van der Waals surface area contributed by atoms with E-state index in [2.05, 4.69) is 157 Å². The third kappa shape index (κ3) is 37.2. The van der Waals surface area contributed by atoms with Crippen molar-refractivity contribution in [1.82, 2.24) is 29.9 Å². The molecule has 0 spiro atoms. The van der Waals surface area contributed by atoms with Gasteiger partial charge in [0, 0.05) is 83.3 Å². The van der Waals surface area contributed by atoms with E-state index in [0.29, 0.717) is 103 Å². The van der Waals surface area contributed by atoms with Gasteiger partial charge in [0.25, 0.3) is 35.4 Å². The molecular weight excluding hydrogens is 2090 g/mol. The highest BCUT2D eigenvalue weighted by atomic mass is 32.2. The molecule has 1 aromatic carbocycles. The van der Waals surface area contributed by atoms with Crippen LogP contribution >= 0.6 is 141 Å². The number of nitrogens with one attached hydrogen (secondary N) is 6. The van der Waals surface area contributed by atoms with Gasteiger partial charge in [-0.15, -0.1) is 0 Å². The largest absolute Gasteiger partial charge is 0.320 e. The Balaban J connectivity index is 0.744. The zero-order valence-electron chi connectivity index (χ0n) is 91.0. The van der Waals surface area contributed by atoms with Crippen molar-refractivity contribution in [3.8, 4) is 34.2 Å². The normalized spacial score (nSPS) is 16.2. The molecule has 6 atom stereocenters. The van der Waals surface area contributed by atoms with Crippen molar-refractivity contribution in [2.75, 3.05) is 31.9 Å². The summed E-state index contributed by atoms with van der Waals surface area (Å²) in [5.41, 5.74) is 2.95. The van der Waals surface area contributed by atoms with E-state index in [1.165, 1.54) is 211 Å². The van der Waals surface area contributed by atoms with Gasteiger partial charge in [-0.25, -0.2) is 0 Å². The van der Waals surface area contributed by atoms with Crippen molar-refractivity contribution in [2.45, 2.75) is 317 Å². The van der Waals surface area contributed by atoms with E-state index in [1.807, 2.05) is 86.8 Å². The lowest BCUT2D eigenvalue weighted by atomic mass is 9.95. The van der Waals surface area contributed by atoms with Gasteiger partial charge in [-0.05, 0) is 255 Å². The van der Waals surface area contributed by atoms with Crippen molar-refractivity contribution < 1.29 is 28.8 Å². The number of hydrogen-bond donors (Lipinski definition) is 6. The van der Waals surface area contributed by atoms with E-state index in [1.54, 1.807) is 145 Å². The van der Waals surface area contributed by atoms with Gasteiger partial charge in [0.15, 0.2) is 0 Å². The number of pyridine rings is 6. The molecule has 0 radical (unpaired) electrons. The number of nitrogens with zero attached hydrogens (tertiary/aromatic N) is 6. The van der Waals surface area contributed by atoms with Gasteiger partial charge in [0.2, 0.25) is 0 Å². The Labute approximate surface area is 945 Å². The van der Waals surface area contributed by atoms with Crippen LogP contribution in [0, 0.1) is 71.0 Å². The van der Waals surface area contributed by atoms with Crippen molar-refractivity contribution in [2.24, 2.45) is 71.0 Å². The summed E-state index contributed by atoms with van der Waals surface area (Å²) in [6, 6.07) is 24.7. The molecule has 6 aliphatic rings.